The van der Waals surface area contributed by atoms with Gasteiger partial charge in [-0.3, -0.25) is 0 Å². The lowest BCUT2D eigenvalue weighted by atomic mass is 9.97. The first-order chi connectivity index (χ1) is 10.4. The highest BCUT2D eigenvalue weighted by Gasteiger charge is 2.33. The number of aryl methyl sites for hydroxylation is 1. The zero-order valence-corrected chi connectivity index (χ0v) is 13.0. The quantitative estimate of drug-likeness (QED) is 0.818. The Labute approximate surface area is 130 Å². The van der Waals surface area contributed by atoms with Crippen LogP contribution in [0, 0.1) is 0 Å². The molecule has 0 bridgehead atoms. The van der Waals surface area contributed by atoms with Crippen LogP contribution in [0.3, 0.4) is 0 Å². The first-order valence-corrected chi connectivity index (χ1v) is 8.52. The molecule has 2 unspecified atom stereocenters. The molecule has 0 spiro atoms. The molecular formula is C16H21ClN4. The van der Waals surface area contributed by atoms with E-state index in [0.717, 1.165) is 29.5 Å². The minimum atomic E-state index is 0.530. The fraction of sp³-hybridized carbons (Fsp3) is 0.625. The molecule has 2 aromatic heterocycles. The van der Waals surface area contributed by atoms with E-state index in [0.29, 0.717) is 11.9 Å². The number of hydrogen-bond acceptors (Lipinski definition) is 3. The van der Waals surface area contributed by atoms with Gasteiger partial charge in [-0.1, -0.05) is 0 Å². The molecule has 2 aliphatic heterocycles. The van der Waals surface area contributed by atoms with Gasteiger partial charge in [-0.05, 0) is 44.4 Å². The van der Waals surface area contributed by atoms with Crippen molar-refractivity contribution in [1.29, 1.82) is 0 Å². The lowest BCUT2D eigenvalue weighted by Crippen LogP contribution is -2.39. The van der Waals surface area contributed by atoms with Crippen LogP contribution in [0.2, 0.25) is 0 Å². The largest absolute Gasteiger partial charge is 0.309 e. The summed E-state index contributed by atoms with van der Waals surface area (Å²) in [5.41, 5.74) is 2.04. The van der Waals surface area contributed by atoms with Gasteiger partial charge in [0.2, 0.25) is 0 Å². The van der Waals surface area contributed by atoms with Crippen LogP contribution >= 0.6 is 11.6 Å². The Morgan fingerprint density at radius 1 is 1.24 bits per heavy atom. The van der Waals surface area contributed by atoms with Crippen LogP contribution in [0.25, 0.3) is 11.2 Å². The highest BCUT2D eigenvalue weighted by molar-refractivity contribution is 6.17. The lowest BCUT2D eigenvalue weighted by molar-refractivity contribution is 0.155. The minimum absolute atomic E-state index is 0.530. The summed E-state index contributed by atoms with van der Waals surface area (Å²) in [4.78, 5) is 12.0. The van der Waals surface area contributed by atoms with Gasteiger partial charge in [-0.25, -0.2) is 9.97 Å². The Bertz CT molecular complexity index is 638. The van der Waals surface area contributed by atoms with Gasteiger partial charge in [-0.2, -0.15) is 0 Å². The molecule has 0 radical (unpaired) electrons. The maximum absolute atomic E-state index is 5.98. The van der Waals surface area contributed by atoms with Crippen molar-refractivity contribution in [2.24, 2.45) is 0 Å². The number of pyridine rings is 1. The molecule has 2 atom stereocenters. The average molecular weight is 305 g/mol. The molecular weight excluding hydrogens is 284 g/mol. The molecule has 4 rings (SSSR count). The Kier molecular flexibility index (Phi) is 3.59. The van der Waals surface area contributed by atoms with E-state index >= 15 is 0 Å². The predicted octanol–water partition coefficient (Wildman–Crippen LogP) is 3.01. The zero-order chi connectivity index (χ0) is 14.2. The van der Waals surface area contributed by atoms with Crippen LogP contribution in [-0.4, -0.2) is 44.4 Å². The molecule has 0 aromatic carbocycles. The predicted molar refractivity (Wildman–Crippen MR) is 84.8 cm³/mol. The van der Waals surface area contributed by atoms with Gasteiger partial charge in [0.1, 0.15) is 11.3 Å². The van der Waals surface area contributed by atoms with Crippen molar-refractivity contribution in [2.45, 2.75) is 44.2 Å². The fourth-order valence-corrected chi connectivity index (χ4v) is 4.23. The molecule has 0 saturated carbocycles. The average Bonchev–Trinajstić information content (AvgIpc) is 3.10. The topological polar surface area (TPSA) is 34.0 Å². The summed E-state index contributed by atoms with van der Waals surface area (Å²) in [5, 5.41) is 0. The van der Waals surface area contributed by atoms with Gasteiger partial charge in [0.05, 0.1) is 0 Å². The Balaban J connectivity index is 1.72. The molecule has 0 aliphatic carbocycles. The molecule has 0 amide bonds. The summed E-state index contributed by atoms with van der Waals surface area (Å²) in [7, 11) is 0. The Morgan fingerprint density at radius 2 is 2.19 bits per heavy atom. The fourth-order valence-electron chi connectivity index (χ4n) is 4.06. The highest BCUT2D eigenvalue weighted by Crippen LogP contribution is 2.35. The van der Waals surface area contributed by atoms with Crippen LogP contribution in [0.15, 0.2) is 18.3 Å². The summed E-state index contributed by atoms with van der Waals surface area (Å²) in [6, 6.07) is 5.31. The number of aromatic nitrogens is 3. The van der Waals surface area contributed by atoms with Gasteiger partial charge in [-0.15, -0.1) is 11.6 Å². The molecule has 2 saturated heterocycles. The molecule has 4 heterocycles. The normalized spacial score (nSPS) is 26.3. The lowest BCUT2D eigenvalue weighted by Gasteiger charge is -2.36. The third-order valence-electron chi connectivity index (χ3n) is 5.00. The number of imidazole rings is 1. The van der Waals surface area contributed by atoms with E-state index in [4.69, 9.17) is 16.6 Å². The smallest absolute Gasteiger partial charge is 0.160 e. The van der Waals surface area contributed by atoms with Gasteiger partial charge in [0.25, 0.3) is 0 Å². The number of piperidine rings is 1. The van der Waals surface area contributed by atoms with Crippen molar-refractivity contribution < 1.29 is 0 Å². The Hall–Kier alpha value is -1.13. The van der Waals surface area contributed by atoms with E-state index in [1.807, 2.05) is 12.3 Å². The third-order valence-corrected chi connectivity index (χ3v) is 5.19. The summed E-state index contributed by atoms with van der Waals surface area (Å²) in [5.74, 6) is 1.72. The first-order valence-electron chi connectivity index (χ1n) is 7.98. The van der Waals surface area contributed by atoms with Crippen molar-refractivity contribution in [3.05, 3.63) is 24.2 Å². The Morgan fingerprint density at radius 3 is 3.10 bits per heavy atom. The van der Waals surface area contributed by atoms with Crippen molar-refractivity contribution in [3.8, 4) is 0 Å². The van der Waals surface area contributed by atoms with E-state index in [1.54, 1.807) is 0 Å². The van der Waals surface area contributed by atoms with E-state index in [9.17, 15) is 0 Å². The van der Waals surface area contributed by atoms with Crippen LogP contribution < -0.4 is 0 Å². The second-order valence-corrected chi connectivity index (χ2v) is 6.57. The summed E-state index contributed by atoms with van der Waals surface area (Å²) >= 11 is 5.98. The molecule has 0 N–H and O–H groups in total. The van der Waals surface area contributed by atoms with Crippen molar-refractivity contribution >= 4 is 22.8 Å². The van der Waals surface area contributed by atoms with E-state index in [1.165, 1.54) is 38.8 Å². The maximum Gasteiger partial charge on any atom is 0.160 e. The minimum Gasteiger partial charge on any atom is -0.309 e. The van der Waals surface area contributed by atoms with Crippen molar-refractivity contribution in [1.82, 2.24) is 19.4 Å². The number of halogens is 1. The first kappa shape index (κ1) is 13.5. The number of alkyl halides is 1. The number of nitrogens with zero attached hydrogens (tertiary/aromatic N) is 4. The number of hydrogen-bond donors (Lipinski definition) is 0. The third kappa shape index (κ3) is 2.34. The molecule has 4 nitrogen and oxygen atoms in total. The summed E-state index contributed by atoms with van der Waals surface area (Å²) < 4.78 is 2.38. The molecule has 112 valence electrons. The maximum atomic E-state index is 5.98. The number of fused-ring (bicyclic) bond motifs is 2. The van der Waals surface area contributed by atoms with Gasteiger partial charge < -0.3 is 9.47 Å². The monoisotopic (exact) mass is 304 g/mol. The zero-order valence-electron chi connectivity index (χ0n) is 12.2. The standard InChI is InChI=1S/C16H21ClN4/c17-7-5-15-19-14-4-1-8-18-16(14)21(15)13-6-10-20-9-2-3-12(20)11-13/h1,4,8,12-13H,2-3,5-7,9-11H2. The summed E-state index contributed by atoms with van der Waals surface area (Å²) in [6.45, 7) is 2.50. The van der Waals surface area contributed by atoms with E-state index in [-0.39, 0.29) is 0 Å². The van der Waals surface area contributed by atoms with Crippen molar-refractivity contribution in [3.63, 3.8) is 0 Å². The van der Waals surface area contributed by atoms with Crippen LogP contribution in [-0.2, 0) is 6.42 Å². The second kappa shape index (κ2) is 5.58. The number of rotatable bonds is 3. The van der Waals surface area contributed by atoms with E-state index in [2.05, 4.69) is 20.5 Å². The van der Waals surface area contributed by atoms with Gasteiger partial charge in [0.15, 0.2) is 5.65 Å². The SMILES string of the molecule is ClCCc1nc2cccnc2n1C1CCN2CCCC2C1. The van der Waals surface area contributed by atoms with Gasteiger partial charge in [0, 0.05) is 37.1 Å². The van der Waals surface area contributed by atoms with Crippen LogP contribution in [0.5, 0.6) is 0 Å². The molecule has 21 heavy (non-hydrogen) atoms. The van der Waals surface area contributed by atoms with E-state index < -0.39 is 0 Å². The van der Waals surface area contributed by atoms with Gasteiger partial charge >= 0.3 is 0 Å². The molecule has 5 heteroatoms. The molecule has 2 fully saturated rings. The van der Waals surface area contributed by atoms with Crippen LogP contribution in [0.4, 0.5) is 0 Å². The van der Waals surface area contributed by atoms with Crippen molar-refractivity contribution in [2.75, 3.05) is 19.0 Å². The second-order valence-electron chi connectivity index (χ2n) is 6.19. The molecule has 2 aliphatic rings. The highest BCUT2D eigenvalue weighted by atomic mass is 35.5. The molecule has 2 aromatic rings. The summed E-state index contributed by atoms with van der Waals surface area (Å²) in [6.07, 6.45) is 7.83. The van der Waals surface area contributed by atoms with Crippen LogP contribution in [0.1, 0.15) is 37.5 Å².